The molecular weight excluding hydrogens is 827 g/mol. The summed E-state index contributed by atoms with van der Waals surface area (Å²) in [5, 5.41) is 23.4. The SMILES string of the molecule is CCCC/C=C\CCCCCCCC(=O)OCCCCCCCCCCCCCCCCCCCC(=O)NC(CO)C(O)CCCCCCCCCCCCCCCCCCCCCCCC. The standard InChI is InChI=1S/C61H119NO5/c1-3-5-7-9-11-13-15-16-17-18-19-20-21-22-24-27-30-34-37-41-45-49-53-59(64)58(57-63)62-60(65)54-50-46-42-38-35-31-28-25-23-26-29-32-36-40-44-48-52-56-67-61(66)55-51-47-43-39-33-14-12-10-8-6-4-2/h10,12,58-59,63-64H,3-9,11,13-57H2,1-2H3,(H,62,65)/b12-10-. The second-order valence-electron chi connectivity index (χ2n) is 21.0. The van der Waals surface area contributed by atoms with Gasteiger partial charge in [0.05, 0.1) is 25.4 Å². The van der Waals surface area contributed by atoms with E-state index in [2.05, 4.69) is 31.3 Å². The first-order valence-electron chi connectivity index (χ1n) is 30.4. The normalized spacial score (nSPS) is 12.6. The molecule has 0 aromatic heterocycles. The monoisotopic (exact) mass is 946 g/mol. The number of aliphatic hydroxyl groups is 2. The van der Waals surface area contributed by atoms with E-state index in [9.17, 15) is 19.8 Å². The molecule has 1 amide bonds. The summed E-state index contributed by atoms with van der Waals surface area (Å²) in [6.45, 7) is 4.93. The summed E-state index contributed by atoms with van der Waals surface area (Å²) in [7, 11) is 0. The number of aliphatic hydroxyl groups excluding tert-OH is 2. The van der Waals surface area contributed by atoms with Crippen molar-refractivity contribution in [2.75, 3.05) is 13.2 Å². The number of allylic oxidation sites excluding steroid dienone is 2. The lowest BCUT2D eigenvalue weighted by Crippen LogP contribution is -2.45. The first-order valence-corrected chi connectivity index (χ1v) is 30.4. The van der Waals surface area contributed by atoms with E-state index in [0.717, 1.165) is 44.9 Å². The van der Waals surface area contributed by atoms with Gasteiger partial charge in [0, 0.05) is 12.8 Å². The van der Waals surface area contributed by atoms with Crippen molar-refractivity contribution in [1.82, 2.24) is 5.32 Å². The molecule has 398 valence electrons. The Bertz CT molecular complexity index is 1000. The lowest BCUT2D eigenvalue weighted by Gasteiger charge is -2.22. The summed E-state index contributed by atoms with van der Waals surface area (Å²) in [5.41, 5.74) is 0. The van der Waals surface area contributed by atoms with Crippen molar-refractivity contribution in [2.24, 2.45) is 0 Å². The second-order valence-corrected chi connectivity index (χ2v) is 21.0. The Morgan fingerprint density at radius 2 is 0.716 bits per heavy atom. The molecule has 0 bridgehead atoms. The maximum atomic E-state index is 12.5. The smallest absolute Gasteiger partial charge is 0.305 e. The number of carbonyl (C=O) groups excluding carboxylic acids is 2. The predicted molar refractivity (Wildman–Crippen MR) is 292 cm³/mol. The Morgan fingerprint density at radius 3 is 1.10 bits per heavy atom. The van der Waals surface area contributed by atoms with Crippen LogP contribution in [0.2, 0.25) is 0 Å². The molecule has 0 spiro atoms. The van der Waals surface area contributed by atoms with Crippen LogP contribution in [0.1, 0.15) is 341 Å². The van der Waals surface area contributed by atoms with E-state index in [-0.39, 0.29) is 18.5 Å². The van der Waals surface area contributed by atoms with Crippen molar-refractivity contribution >= 4 is 11.9 Å². The summed E-state index contributed by atoms with van der Waals surface area (Å²) in [4.78, 5) is 24.5. The van der Waals surface area contributed by atoms with E-state index in [1.807, 2.05) is 0 Å². The van der Waals surface area contributed by atoms with E-state index >= 15 is 0 Å². The molecule has 2 unspecified atom stereocenters. The van der Waals surface area contributed by atoms with Crippen LogP contribution in [0, 0.1) is 0 Å². The van der Waals surface area contributed by atoms with E-state index in [0.29, 0.717) is 25.9 Å². The highest BCUT2D eigenvalue weighted by Crippen LogP contribution is 2.18. The van der Waals surface area contributed by atoms with Gasteiger partial charge < -0.3 is 20.3 Å². The van der Waals surface area contributed by atoms with E-state index < -0.39 is 12.1 Å². The first kappa shape index (κ1) is 65.6. The average Bonchev–Trinajstić information content (AvgIpc) is 3.33. The quantitative estimate of drug-likeness (QED) is 0.0321. The van der Waals surface area contributed by atoms with Gasteiger partial charge in [0.1, 0.15) is 0 Å². The number of hydrogen-bond acceptors (Lipinski definition) is 5. The highest BCUT2D eigenvalue weighted by atomic mass is 16.5. The van der Waals surface area contributed by atoms with Gasteiger partial charge >= 0.3 is 5.97 Å². The Balaban J connectivity index is 3.42. The highest BCUT2D eigenvalue weighted by molar-refractivity contribution is 5.76. The third-order valence-electron chi connectivity index (χ3n) is 14.3. The molecule has 0 aromatic rings. The third kappa shape index (κ3) is 53.8. The van der Waals surface area contributed by atoms with Crippen LogP contribution in [-0.4, -0.2) is 47.4 Å². The molecule has 6 nitrogen and oxygen atoms in total. The molecule has 6 heteroatoms. The fraction of sp³-hybridized carbons (Fsp3) is 0.934. The summed E-state index contributed by atoms with van der Waals surface area (Å²) in [5.74, 6) is -0.0414. The fourth-order valence-corrected chi connectivity index (χ4v) is 9.62. The van der Waals surface area contributed by atoms with Crippen LogP contribution in [-0.2, 0) is 14.3 Å². The van der Waals surface area contributed by atoms with E-state index in [1.54, 1.807) is 0 Å². The predicted octanol–water partition coefficient (Wildman–Crippen LogP) is 18.9. The Labute approximate surface area is 419 Å². The van der Waals surface area contributed by atoms with Gasteiger partial charge in [-0.15, -0.1) is 0 Å². The number of unbranched alkanes of at least 4 members (excludes halogenated alkanes) is 44. The Hall–Kier alpha value is -1.40. The van der Waals surface area contributed by atoms with Crippen molar-refractivity contribution in [2.45, 2.75) is 353 Å². The molecule has 0 saturated carbocycles. The lowest BCUT2D eigenvalue weighted by atomic mass is 10.0. The molecule has 0 radical (unpaired) electrons. The van der Waals surface area contributed by atoms with Crippen LogP contribution in [0.5, 0.6) is 0 Å². The second kappa shape index (κ2) is 57.2. The number of nitrogens with one attached hydrogen (secondary N) is 1. The number of carbonyl (C=O) groups is 2. The van der Waals surface area contributed by atoms with Gasteiger partial charge in [0.25, 0.3) is 0 Å². The Kier molecular flexibility index (Phi) is 56.0. The van der Waals surface area contributed by atoms with E-state index in [4.69, 9.17) is 4.74 Å². The third-order valence-corrected chi connectivity index (χ3v) is 14.3. The van der Waals surface area contributed by atoms with Gasteiger partial charge in [0.15, 0.2) is 0 Å². The van der Waals surface area contributed by atoms with Gasteiger partial charge in [-0.2, -0.15) is 0 Å². The van der Waals surface area contributed by atoms with Gasteiger partial charge in [-0.25, -0.2) is 0 Å². The molecule has 0 aliphatic carbocycles. The summed E-state index contributed by atoms with van der Waals surface area (Å²) < 4.78 is 5.45. The summed E-state index contributed by atoms with van der Waals surface area (Å²) in [6, 6.07) is -0.546. The summed E-state index contributed by atoms with van der Waals surface area (Å²) >= 11 is 0. The molecule has 0 rings (SSSR count). The number of ether oxygens (including phenoxy) is 1. The van der Waals surface area contributed by atoms with Crippen LogP contribution in [0.15, 0.2) is 12.2 Å². The fourth-order valence-electron chi connectivity index (χ4n) is 9.62. The summed E-state index contributed by atoms with van der Waals surface area (Å²) in [6.07, 6.45) is 67.8. The largest absolute Gasteiger partial charge is 0.466 e. The van der Waals surface area contributed by atoms with Crippen LogP contribution in [0.25, 0.3) is 0 Å². The number of hydrogen-bond donors (Lipinski definition) is 3. The molecule has 0 aliphatic heterocycles. The minimum absolute atomic E-state index is 0.00479. The van der Waals surface area contributed by atoms with Crippen LogP contribution >= 0.6 is 0 Å². The number of rotatable bonds is 57. The molecule has 0 fully saturated rings. The van der Waals surface area contributed by atoms with Gasteiger partial charge in [-0.3, -0.25) is 9.59 Å². The molecule has 2 atom stereocenters. The number of amides is 1. The van der Waals surface area contributed by atoms with Crippen molar-refractivity contribution in [3.8, 4) is 0 Å². The minimum Gasteiger partial charge on any atom is -0.466 e. The highest BCUT2D eigenvalue weighted by Gasteiger charge is 2.20. The lowest BCUT2D eigenvalue weighted by molar-refractivity contribution is -0.143. The van der Waals surface area contributed by atoms with Gasteiger partial charge in [0.2, 0.25) is 5.91 Å². The van der Waals surface area contributed by atoms with Crippen LogP contribution < -0.4 is 5.32 Å². The molecular formula is C61H119NO5. The zero-order valence-electron chi connectivity index (χ0n) is 45.4. The topological polar surface area (TPSA) is 95.9 Å². The van der Waals surface area contributed by atoms with Crippen LogP contribution in [0.4, 0.5) is 0 Å². The maximum absolute atomic E-state index is 12.5. The molecule has 0 aliphatic rings. The first-order chi connectivity index (χ1) is 33.0. The molecule has 0 saturated heterocycles. The van der Waals surface area contributed by atoms with Crippen molar-refractivity contribution in [1.29, 1.82) is 0 Å². The van der Waals surface area contributed by atoms with Crippen molar-refractivity contribution in [3.63, 3.8) is 0 Å². The van der Waals surface area contributed by atoms with Crippen LogP contribution in [0.3, 0.4) is 0 Å². The van der Waals surface area contributed by atoms with Crippen molar-refractivity contribution < 1.29 is 24.5 Å². The number of esters is 1. The van der Waals surface area contributed by atoms with E-state index in [1.165, 1.54) is 263 Å². The Morgan fingerprint density at radius 1 is 0.403 bits per heavy atom. The van der Waals surface area contributed by atoms with Crippen molar-refractivity contribution in [3.05, 3.63) is 12.2 Å². The molecule has 0 heterocycles. The minimum atomic E-state index is -0.668. The molecule has 67 heavy (non-hydrogen) atoms. The van der Waals surface area contributed by atoms with Gasteiger partial charge in [-0.1, -0.05) is 296 Å². The van der Waals surface area contributed by atoms with Gasteiger partial charge in [-0.05, 0) is 44.9 Å². The maximum Gasteiger partial charge on any atom is 0.305 e. The molecule has 0 aromatic carbocycles. The average molecular weight is 947 g/mol. The molecule has 3 N–H and O–H groups in total. The zero-order chi connectivity index (χ0) is 48.6. The zero-order valence-corrected chi connectivity index (χ0v) is 45.4.